The molecule has 2 bridgehead atoms. The number of aryl methyl sites for hydroxylation is 1. The standard InChI is InChI=1S/C30H37FN4O2/c1-21-32-27-7-2-3-8-28(27)35(21)26-18-24-9-10-25(19-26)34(24)16-13-30(22-5-4-6-23(31)17-22)11-14-33(15-12-30)20-29(36)37/h2-8,17,24-26H,9-16,18-20H2,1H3,(H,36,37)/t24-,25+,26?. The molecular formula is C30H37FN4O2. The lowest BCUT2D eigenvalue weighted by Crippen LogP contribution is -2.48. The quantitative estimate of drug-likeness (QED) is 0.482. The van der Waals surface area contributed by atoms with Gasteiger partial charge in [-0.15, -0.1) is 0 Å². The van der Waals surface area contributed by atoms with Crippen LogP contribution in [0.3, 0.4) is 0 Å². The minimum absolute atomic E-state index is 0.0826. The summed E-state index contributed by atoms with van der Waals surface area (Å²) in [4.78, 5) is 20.8. The van der Waals surface area contributed by atoms with Crippen LogP contribution in [-0.4, -0.2) is 68.7 Å². The molecule has 1 aromatic heterocycles. The summed E-state index contributed by atoms with van der Waals surface area (Å²) in [5, 5.41) is 9.25. The molecule has 196 valence electrons. The average Bonchev–Trinajstić information content (AvgIpc) is 3.34. The molecule has 0 spiro atoms. The van der Waals surface area contributed by atoms with Gasteiger partial charge in [-0.2, -0.15) is 0 Å². The number of carbonyl (C=O) groups is 1. The van der Waals surface area contributed by atoms with Crippen LogP contribution < -0.4 is 0 Å². The molecule has 3 saturated heterocycles. The van der Waals surface area contributed by atoms with Crippen molar-refractivity contribution in [2.75, 3.05) is 26.2 Å². The number of fused-ring (bicyclic) bond motifs is 3. The average molecular weight is 505 g/mol. The number of aromatic nitrogens is 2. The first-order chi connectivity index (χ1) is 17.9. The van der Waals surface area contributed by atoms with E-state index in [0.29, 0.717) is 18.1 Å². The Hall–Kier alpha value is -2.77. The van der Waals surface area contributed by atoms with Crippen LogP contribution in [0.5, 0.6) is 0 Å². The zero-order chi connectivity index (χ0) is 25.6. The number of nitrogens with zero attached hydrogens (tertiary/aromatic N) is 4. The highest BCUT2D eigenvalue weighted by Gasteiger charge is 2.44. The fourth-order valence-electron chi connectivity index (χ4n) is 7.62. The molecule has 4 heterocycles. The number of benzene rings is 2. The smallest absolute Gasteiger partial charge is 0.317 e. The van der Waals surface area contributed by atoms with E-state index < -0.39 is 5.97 Å². The zero-order valence-corrected chi connectivity index (χ0v) is 21.7. The van der Waals surface area contributed by atoms with Crippen LogP contribution >= 0.6 is 0 Å². The number of hydrogen-bond donors (Lipinski definition) is 1. The van der Waals surface area contributed by atoms with Gasteiger partial charge in [-0.3, -0.25) is 14.6 Å². The molecule has 0 saturated carbocycles. The molecule has 0 amide bonds. The van der Waals surface area contributed by atoms with E-state index in [9.17, 15) is 14.3 Å². The molecule has 6 nitrogen and oxygen atoms in total. The second-order valence-electron chi connectivity index (χ2n) is 11.5. The lowest BCUT2D eigenvalue weighted by Gasteiger charge is -2.45. The minimum Gasteiger partial charge on any atom is -0.480 e. The zero-order valence-electron chi connectivity index (χ0n) is 21.7. The molecule has 3 aliphatic rings. The minimum atomic E-state index is -0.779. The molecule has 0 radical (unpaired) electrons. The van der Waals surface area contributed by atoms with Gasteiger partial charge in [-0.25, -0.2) is 9.37 Å². The second kappa shape index (κ2) is 9.84. The van der Waals surface area contributed by atoms with Gasteiger partial charge < -0.3 is 9.67 Å². The van der Waals surface area contributed by atoms with Gasteiger partial charge in [-0.05, 0) is 107 Å². The molecule has 7 heteroatoms. The number of carboxylic acids is 1. The Kier molecular flexibility index (Phi) is 6.53. The topological polar surface area (TPSA) is 61.6 Å². The van der Waals surface area contributed by atoms with E-state index in [-0.39, 0.29) is 17.8 Å². The van der Waals surface area contributed by atoms with Gasteiger partial charge >= 0.3 is 5.97 Å². The van der Waals surface area contributed by atoms with Crippen molar-refractivity contribution in [3.63, 3.8) is 0 Å². The number of para-hydroxylation sites is 2. The maximum Gasteiger partial charge on any atom is 0.317 e. The summed E-state index contributed by atoms with van der Waals surface area (Å²) >= 11 is 0. The molecule has 3 fully saturated rings. The number of halogens is 1. The van der Waals surface area contributed by atoms with Crippen molar-refractivity contribution in [2.45, 2.75) is 75.4 Å². The highest BCUT2D eigenvalue weighted by Crippen LogP contribution is 2.45. The second-order valence-corrected chi connectivity index (χ2v) is 11.5. The van der Waals surface area contributed by atoms with Crippen LogP contribution in [0.1, 0.15) is 62.4 Å². The third-order valence-corrected chi connectivity index (χ3v) is 9.45. The van der Waals surface area contributed by atoms with Crippen molar-refractivity contribution in [3.8, 4) is 0 Å². The summed E-state index contributed by atoms with van der Waals surface area (Å²) < 4.78 is 16.8. The molecule has 1 unspecified atom stereocenters. The number of hydrogen-bond acceptors (Lipinski definition) is 4. The summed E-state index contributed by atoms with van der Waals surface area (Å²) in [7, 11) is 0. The van der Waals surface area contributed by atoms with Crippen LogP contribution in [0.15, 0.2) is 48.5 Å². The van der Waals surface area contributed by atoms with E-state index in [1.807, 2.05) is 11.0 Å². The van der Waals surface area contributed by atoms with Crippen LogP contribution in [0.4, 0.5) is 4.39 Å². The van der Waals surface area contributed by atoms with Crippen LogP contribution in [0, 0.1) is 12.7 Å². The number of piperidine rings is 2. The van der Waals surface area contributed by atoms with Gasteiger partial charge in [0.1, 0.15) is 11.6 Å². The largest absolute Gasteiger partial charge is 0.480 e. The van der Waals surface area contributed by atoms with E-state index in [1.165, 1.54) is 24.4 Å². The third-order valence-electron chi connectivity index (χ3n) is 9.45. The van der Waals surface area contributed by atoms with E-state index in [1.54, 1.807) is 6.07 Å². The number of aliphatic carboxylic acids is 1. The third kappa shape index (κ3) is 4.68. The van der Waals surface area contributed by atoms with Gasteiger partial charge in [0.05, 0.1) is 17.6 Å². The van der Waals surface area contributed by atoms with Crippen molar-refractivity contribution < 1.29 is 14.3 Å². The maximum atomic E-state index is 14.3. The fraction of sp³-hybridized carbons (Fsp3) is 0.533. The van der Waals surface area contributed by atoms with Crippen LogP contribution in [0.25, 0.3) is 11.0 Å². The monoisotopic (exact) mass is 504 g/mol. The van der Waals surface area contributed by atoms with Gasteiger partial charge in [0.15, 0.2) is 0 Å². The predicted molar refractivity (Wildman–Crippen MR) is 142 cm³/mol. The van der Waals surface area contributed by atoms with Crippen molar-refractivity contribution in [1.82, 2.24) is 19.4 Å². The lowest BCUT2D eigenvalue weighted by molar-refractivity contribution is -0.138. The SMILES string of the molecule is Cc1nc2ccccc2n1C1C[C@H]2CC[C@@H](C1)N2CCC1(c2cccc(F)c2)CCN(CC(=O)O)CC1. The van der Waals surface area contributed by atoms with Crippen LogP contribution in [-0.2, 0) is 10.2 Å². The van der Waals surface area contributed by atoms with Crippen molar-refractivity contribution >= 4 is 17.0 Å². The maximum absolute atomic E-state index is 14.3. The summed E-state index contributed by atoms with van der Waals surface area (Å²) in [6.45, 7) is 4.71. The Morgan fingerprint density at radius 1 is 1.05 bits per heavy atom. The van der Waals surface area contributed by atoms with Crippen molar-refractivity contribution in [1.29, 1.82) is 0 Å². The van der Waals surface area contributed by atoms with E-state index >= 15 is 0 Å². The highest BCUT2D eigenvalue weighted by molar-refractivity contribution is 5.76. The van der Waals surface area contributed by atoms with E-state index in [4.69, 9.17) is 4.98 Å². The summed E-state index contributed by atoms with van der Waals surface area (Å²) in [6, 6.07) is 17.2. The first-order valence-electron chi connectivity index (χ1n) is 13.8. The predicted octanol–water partition coefficient (Wildman–Crippen LogP) is 5.16. The van der Waals surface area contributed by atoms with Crippen LogP contribution in [0.2, 0.25) is 0 Å². The fourth-order valence-corrected chi connectivity index (χ4v) is 7.62. The number of rotatable bonds is 7. The Bertz CT molecular complexity index is 1270. The van der Waals surface area contributed by atoms with E-state index in [2.05, 4.69) is 46.7 Å². The Morgan fingerprint density at radius 2 is 1.78 bits per heavy atom. The molecule has 6 rings (SSSR count). The van der Waals surface area contributed by atoms with Gasteiger partial charge in [0.2, 0.25) is 0 Å². The summed E-state index contributed by atoms with van der Waals surface area (Å²) in [5.74, 6) is 0.143. The summed E-state index contributed by atoms with van der Waals surface area (Å²) in [5.41, 5.74) is 3.30. The van der Waals surface area contributed by atoms with Gasteiger partial charge in [0, 0.05) is 18.1 Å². The molecule has 3 aliphatic heterocycles. The lowest BCUT2D eigenvalue weighted by atomic mass is 9.70. The molecule has 0 aliphatic carbocycles. The molecule has 3 atom stereocenters. The van der Waals surface area contributed by atoms with Crippen molar-refractivity contribution in [3.05, 3.63) is 65.7 Å². The molecule has 3 aromatic rings. The molecule has 1 N–H and O–H groups in total. The molecule has 37 heavy (non-hydrogen) atoms. The first kappa shape index (κ1) is 24.6. The summed E-state index contributed by atoms with van der Waals surface area (Å²) in [6.07, 6.45) is 7.51. The highest BCUT2D eigenvalue weighted by atomic mass is 19.1. The van der Waals surface area contributed by atoms with Gasteiger partial charge in [-0.1, -0.05) is 24.3 Å². The van der Waals surface area contributed by atoms with Crippen molar-refractivity contribution in [2.24, 2.45) is 0 Å². The number of imidazole rings is 1. The Morgan fingerprint density at radius 3 is 2.49 bits per heavy atom. The number of carboxylic acid groups (broad SMARTS) is 1. The van der Waals surface area contributed by atoms with E-state index in [0.717, 1.165) is 68.6 Å². The Labute approximate surface area is 218 Å². The number of likely N-dealkylation sites (tertiary alicyclic amines) is 1. The van der Waals surface area contributed by atoms with Gasteiger partial charge in [0.25, 0.3) is 0 Å². The molecule has 2 aromatic carbocycles. The molecular weight excluding hydrogens is 467 g/mol. The Balaban J connectivity index is 1.19. The normalized spacial score (nSPS) is 26.1. The first-order valence-corrected chi connectivity index (χ1v) is 13.8.